The number of hydrogen-bond acceptors (Lipinski definition) is 3. The first-order valence-corrected chi connectivity index (χ1v) is 6.41. The molecule has 0 aromatic heterocycles. The molecule has 0 spiro atoms. The van der Waals surface area contributed by atoms with Crippen molar-refractivity contribution in [3.05, 3.63) is 29.3 Å². The van der Waals surface area contributed by atoms with Gasteiger partial charge in [0, 0.05) is 17.3 Å². The highest BCUT2D eigenvalue weighted by Crippen LogP contribution is 2.13. The molecule has 84 valence electrons. The van der Waals surface area contributed by atoms with Crippen molar-refractivity contribution in [1.29, 1.82) is 0 Å². The first kappa shape index (κ1) is 12.3. The number of nitrogens with one attached hydrogen (secondary N) is 1. The van der Waals surface area contributed by atoms with E-state index in [4.69, 9.17) is 16.2 Å². The van der Waals surface area contributed by atoms with Gasteiger partial charge >= 0.3 is 0 Å². The van der Waals surface area contributed by atoms with E-state index in [9.17, 15) is 8.42 Å². The molecule has 4 nitrogen and oxygen atoms in total. The summed E-state index contributed by atoms with van der Waals surface area (Å²) in [6.07, 6.45) is 0.363. The van der Waals surface area contributed by atoms with E-state index in [1.807, 2.05) is 0 Å². The Kier molecular flexibility index (Phi) is 4.38. The summed E-state index contributed by atoms with van der Waals surface area (Å²) in [5, 5.41) is 3.66. The van der Waals surface area contributed by atoms with Crippen LogP contribution in [0.5, 0.6) is 0 Å². The molecular formula is C9H12ClNO3S. The molecule has 0 fully saturated rings. The van der Waals surface area contributed by atoms with Gasteiger partial charge in [-0.2, -0.15) is 8.42 Å². The molecule has 0 bridgehead atoms. The molecule has 15 heavy (non-hydrogen) atoms. The fourth-order valence-electron chi connectivity index (χ4n) is 1.06. The quantitative estimate of drug-likeness (QED) is 0.619. The van der Waals surface area contributed by atoms with E-state index < -0.39 is 10.1 Å². The van der Waals surface area contributed by atoms with Crippen molar-refractivity contribution in [2.75, 3.05) is 17.6 Å². The molecule has 1 rings (SSSR count). The van der Waals surface area contributed by atoms with Crippen molar-refractivity contribution in [2.45, 2.75) is 6.42 Å². The maximum atomic E-state index is 10.4. The Morgan fingerprint density at radius 3 is 2.40 bits per heavy atom. The predicted molar refractivity (Wildman–Crippen MR) is 61.0 cm³/mol. The van der Waals surface area contributed by atoms with Gasteiger partial charge in [-0.05, 0) is 30.7 Å². The zero-order valence-corrected chi connectivity index (χ0v) is 9.55. The molecule has 0 atom stereocenters. The highest BCUT2D eigenvalue weighted by Gasteiger charge is 2.02. The van der Waals surface area contributed by atoms with Crippen molar-refractivity contribution in [3.63, 3.8) is 0 Å². The van der Waals surface area contributed by atoms with Crippen LogP contribution in [0.1, 0.15) is 6.42 Å². The van der Waals surface area contributed by atoms with Crippen LogP contribution in [-0.2, 0) is 10.1 Å². The third-order valence-electron chi connectivity index (χ3n) is 1.75. The van der Waals surface area contributed by atoms with Crippen LogP contribution in [0.15, 0.2) is 24.3 Å². The molecule has 1 aromatic rings. The Bertz CT molecular complexity index is 402. The van der Waals surface area contributed by atoms with Gasteiger partial charge in [0.25, 0.3) is 10.1 Å². The normalized spacial score (nSPS) is 11.3. The lowest BCUT2D eigenvalue weighted by Crippen LogP contribution is -2.09. The Hall–Kier alpha value is -0.780. The van der Waals surface area contributed by atoms with Gasteiger partial charge < -0.3 is 5.32 Å². The summed E-state index contributed by atoms with van der Waals surface area (Å²) in [7, 11) is -3.85. The monoisotopic (exact) mass is 249 g/mol. The number of benzene rings is 1. The van der Waals surface area contributed by atoms with Gasteiger partial charge in [0.1, 0.15) is 0 Å². The lowest BCUT2D eigenvalue weighted by atomic mass is 10.3. The molecule has 2 N–H and O–H groups in total. The molecule has 0 saturated carbocycles. The van der Waals surface area contributed by atoms with E-state index in [2.05, 4.69) is 5.32 Å². The van der Waals surface area contributed by atoms with Crippen molar-refractivity contribution < 1.29 is 13.0 Å². The summed E-state index contributed by atoms with van der Waals surface area (Å²) in [5.74, 6) is -0.229. The minimum absolute atomic E-state index is 0.229. The summed E-state index contributed by atoms with van der Waals surface area (Å²) in [5.41, 5.74) is 0.870. The average molecular weight is 250 g/mol. The summed E-state index contributed by atoms with van der Waals surface area (Å²) in [6.45, 7) is 0.488. The number of rotatable bonds is 5. The Morgan fingerprint density at radius 2 is 1.87 bits per heavy atom. The van der Waals surface area contributed by atoms with Crippen molar-refractivity contribution in [3.8, 4) is 0 Å². The van der Waals surface area contributed by atoms with E-state index >= 15 is 0 Å². The van der Waals surface area contributed by atoms with Crippen LogP contribution in [0, 0.1) is 0 Å². The van der Waals surface area contributed by atoms with E-state index in [1.165, 1.54) is 0 Å². The molecule has 6 heteroatoms. The van der Waals surface area contributed by atoms with Crippen LogP contribution >= 0.6 is 11.6 Å². The van der Waals surface area contributed by atoms with Crippen molar-refractivity contribution >= 4 is 27.4 Å². The first-order valence-electron chi connectivity index (χ1n) is 4.42. The SMILES string of the molecule is O=S(=O)(O)CCCNc1ccc(Cl)cc1. The Balaban J connectivity index is 2.29. The standard InChI is InChI=1S/C9H12ClNO3S/c10-8-2-4-9(5-3-8)11-6-1-7-15(12,13)14/h2-5,11H,1,6-7H2,(H,12,13,14). The molecule has 0 aliphatic carbocycles. The van der Waals surface area contributed by atoms with Gasteiger partial charge in [0.2, 0.25) is 0 Å². The summed E-state index contributed by atoms with van der Waals surface area (Å²) in [4.78, 5) is 0. The molecule has 1 aromatic carbocycles. The van der Waals surface area contributed by atoms with Crippen LogP contribution in [0.3, 0.4) is 0 Å². The zero-order valence-electron chi connectivity index (χ0n) is 7.98. The second-order valence-electron chi connectivity index (χ2n) is 3.07. The highest BCUT2D eigenvalue weighted by molar-refractivity contribution is 7.85. The fraction of sp³-hybridized carbons (Fsp3) is 0.333. The van der Waals surface area contributed by atoms with E-state index in [-0.39, 0.29) is 5.75 Å². The largest absolute Gasteiger partial charge is 0.385 e. The molecule has 0 aliphatic heterocycles. The molecule has 0 unspecified atom stereocenters. The second kappa shape index (κ2) is 5.34. The number of halogens is 1. The lowest BCUT2D eigenvalue weighted by molar-refractivity contribution is 0.481. The molecular weight excluding hydrogens is 238 g/mol. The van der Waals surface area contributed by atoms with Crippen LogP contribution in [0.4, 0.5) is 5.69 Å². The average Bonchev–Trinajstić information content (AvgIpc) is 2.14. The summed E-state index contributed by atoms with van der Waals surface area (Å²) in [6, 6.07) is 7.09. The molecule has 0 aliphatic rings. The van der Waals surface area contributed by atoms with E-state index in [0.717, 1.165) is 5.69 Å². The number of hydrogen-bond donors (Lipinski definition) is 2. The maximum absolute atomic E-state index is 10.4. The Labute approximate surface area is 94.0 Å². The maximum Gasteiger partial charge on any atom is 0.264 e. The molecule has 0 amide bonds. The van der Waals surface area contributed by atoms with Crippen molar-refractivity contribution in [2.24, 2.45) is 0 Å². The third kappa shape index (κ3) is 5.61. The fourth-order valence-corrected chi connectivity index (χ4v) is 1.69. The minimum atomic E-state index is -3.85. The van der Waals surface area contributed by atoms with Gasteiger partial charge in [-0.15, -0.1) is 0 Å². The predicted octanol–water partition coefficient (Wildman–Crippen LogP) is 2.03. The van der Waals surface area contributed by atoms with Crippen LogP contribution in [-0.4, -0.2) is 25.3 Å². The smallest absolute Gasteiger partial charge is 0.264 e. The number of anilines is 1. The van der Waals surface area contributed by atoms with E-state index in [1.54, 1.807) is 24.3 Å². The topological polar surface area (TPSA) is 66.4 Å². The van der Waals surface area contributed by atoms with Crippen molar-refractivity contribution in [1.82, 2.24) is 0 Å². The van der Waals surface area contributed by atoms with Crippen LogP contribution in [0.2, 0.25) is 5.02 Å². The molecule has 0 saturated heterocycles. The zero-order chi connectivity index (χ0) is 11.3. The second-order valence-corrected chi connectivity index (χ2v) is 5.08. The minimum Gasteiger partial charge on any atom is -0.385 e. The van der Waals surface area contributed by atoms with Crippen LogP contribution in [0.25, 0.3) is 0 Å². The van der Waals surface area contributed by atoms with E-state index in [0.29, 0.717) is 18.0 Å². The lowest BCUT2D eigenvalue weighted by Gasteiger charge is -2.05. The molecule has 0 radical (unpaired) electrons. The summed E-state index contributed by atoms with van der Waals surface area (Å²) >= 11 is 5.69. The van der Waals surface area contributed by atoms with Crippen LogP contribution < -0.4 is 5.32 Å². The third-order valence-corrected chi connectivity index (χ3v) is 2.81. The van der Waals surface area contributed by atoms with Gasteiger partial charge in [-0.25, -0.2) is 0 Å². The van der Waals surface area contributed by atoms with Gasteiger partial charge in [-0.1, -0.05) is 11.6 Å². The van der Waals surface area contributed by atoms with Gasteiger partial charge in [0.15, 0.2) is 0 Å². The highest BCUT2D eigenvalue weighted by atomic mass is 35.5. The van der Waals surface area contributed by atoms with Gasteiger partial charge in [0.05, 0.1) is 5.75 Å². The Morgan fingerprint density at radius 1 is 1.27 bits per heavy atom. The summed E-state index contributed by atoms with van der Waals surface area (Å²) < 4.78 is 29.3. The first-order chi connectivity index (χ1) is 6.97. The van der Waals surface area contributed by atoms with Gasteiger partial charge in [-0.3, -0.25) is 4.55 Å². The molecule has 0 heterocycles.